The van der Waals surface area contributed by atoms with Crippen LogP contribution in [0.4, 0.5) is 0 Å². The molecule has 0 aliphatic carbocycles. The summed E-state index contributed by atoms with van der Waals surface area (Å²) in [4.78, 5) is 8.32. The third-order valence-corrected chi connectivity index (χ3v) is 1.92. The second kappa shape index (κ2) is 3.17. The quantitative estimate of drug-likeness (QED) is 0.705. The van der Waals surface area contributed by atoms with Crippen molar-refractivity contribution in [2.75, 3.05) is 0 Å². The normalized spacial score (nSPS) is 11.3. The lowest BCUT2D eigenvalue weighted by Crippen LogP contribution is -1.97. The fourth-order valence-corrected chi connectivity index (χ4v) is 1.37. The smallest absolute Gasteiger partial charge is 0.173 e. The second-order valence-corrected chi connectivity index (χ2v) is 3.55. The Morgan fingerprint density at radius 3 is 3.00 bits per heavy atom. The van der Waals surface area contributed by atoms with Gasteiger partial charge in [0.2, 0.25) is 0 Å². The monoisotopic (exact) mass is 176 g/mol. The minimum Gasteiger partial charge on any atom is -0.461 e. The molecule has 2 aromatic rings. The van der Waals surface area contributed by atoms with Crippen molar-refractivity contribution in [2.24, 2.45) is 5.92 Å². The molecule has 0 fully saturated rings. The first kappa shape index (κ1) is 8.23. The summed E-state index contributed by atoms with van der Waals surface area (Å²) in [5.41, 5.74) is 2.73. The Morgan fingerprint density at radius 1 is 1.38 bits per heavy atom. The van der Waals surface area contributed by atoms with E-state index < -0.39 is 0 Å². The van der Waals surface area contributed by atoms with Crippen LogP contribution in [0.2, 0.25) is 0 Å². The average Bonchev–Trinajstić information content (AvgIpc) is 2.51. The molecule has 0 spiro atoms. The van der Waals surface area contributed by atoms with Crippen molar-refractivity contribution in [1.29, 1.82) is 0 Å². The predicted octanol–water partition coefficient (Wildman–Crippen LogP) is 2.42. The Bertz CT molecular complexity index is 406. The van der Waals surface area contributed by atoms with Gasteiger partial charge in [-0.3, -0.25) is 0 Å². The fourth-order valence-electron chi connectivity index (χ4n) is 1.37. The summed E-state index contributed by atoms with van der Waals surface area (Å²) in [6, 6.07) is 1.86. The van der Waals surface area contributed by atoms with Crippen LogP contribution in [0, 0.1) is 5.92 Å². The molecule has 68 valence electrons. The summed E-state index contributed by atoms with van der Waals surface area (Å²) in [6.45, 7) is 4.33. The number of hydrogen-bond acceptors (Lipinski definition) is 3. The van der Waals surface area contributed by atoms with Gasteiger partial charge in [0.15, 0.2) is 5.58 Å². The van der Waals surface area contributed by atoms with E-state index in [1.807, 2.05) is 6.07 Å². The van der Waals surface area contributed by atoms with Crippen molar-refractivity contribution >= 4 is 11.1 Å². The van der Waals surface area contributed by atoms with Gasteiger partial charge in [0, 0.05) is 6.07 Å². The summed E-state index contributed by atoms with van der Waals surface area (Å²) < 4.78 is 5.32. The Kier molecular flexibility index (Phi) is 2.00. The Balaban J connectivity index is 2.48. The summed E-state index contributed by atoms with van der Waals surface area (Å²) in [5.74, 6) is 0.586. The summed E-state index contributed by atoms with van der Waals surface area (Å²) >= 11 is 0. The summed E-state index contributed by atoms with van der Waals surface area (Å²) in [7, 11) is 0. The third-order valence-electron chi connectivity index (χ3n) is 1.92. The predicted molar refractivity (Wildman–Crippen MR) is 50.3 cm³/mol. The highest BCUT2D eigenvalue weighted by Gasteiger charge is 2.07. The number of hydrogen-bond donors (Lipinski definition) is 0. The zero-order chi connectivity index (χ0) is 9.26. The highest BCUT2D eigenvalue weighted by Crippen LogP contribution is 2.17. The van der Waals surface area contributed by atoms with Crippen molar-refractivity contribution < 1.29 is 4.42 Å². The lowest BCUT2D eigenvalue weighted by atomic mass is 10.1. The molecule has 0 atom stereocenters. The van der Waals surface area contributed by atoms with Crippen molar-refractivity contribution in [3.05, 3.63) is 24.4 Å². The van der Waals surface area contributed by atoms with Gasteiger partial charge in [-0.15, -0.1) is 0 Å². The van der Waals surface area contributed by atoms with Gasteiger partial charge in [-0.1, -0.05) is 13.8 Å². The van der Waals surface area contributed by atoms with E-state index >= 15 is 0 Å². The molecule has 3 nitrogen and oxygen atoms in total. The van der Waals surface area contributed by atoms with E-state index in [0.717, 1.165) is 23.2 Å². The summed E-state index contributed by atoms with van der Waals surface area (Å²) in [6.07, 6.45) is 4.19. The van der Waals surface area contributed by atoms with E-state index in [9.17, 15) is 0 Å². The molecule has 13 heavy (non-hydrogen) atoms. The largest absolute Gasteiger partial charge is 0.461 e. The minimum absolute atomic E-state index is 0.586. The van der Waals surface area contributed by atoms with Gasteiger partial charge in [0.25, 0.3) is 0 Å². The number of nitrogens with zero attached hydrogens (tertiary/aromatic N) is 2. The topological polar surface area (TPSA) is 38.9 Å². The van der Waals surface area contributed by atoms with Gasteiger partial charge in [-0.05, 0) is 12.3 Å². The number of rotatable bonds is 2. The maximum atomic E-state index is 5.32. The van der Waals surface area contributed by atoms with Gasteiger partial charge in [0.05, 0.1) is 12.0 Å². The van der Waals surface area contributed by atoms with Crippen molar-refractivity contribution in [2.45, 2.75) is 20.3 Å². The van der Waals surface area contributed by atoms with E-state index in [4.69, 9.17) is 4.42 Å². The third kappa shape index (κ3) is 1.54. The molecule has 0 N–H and O–H groups in total. The van der Waals surface area contributed by atoms with Gasteiger partial charge in [-0.2, -0.15) is 0 Å². The highest BCUT2D eigenvalue weighted by atomic mass is 16.3. The number of furan rings is 1. The van der Waals surface area contributed by atoms with Crippen LogP contribution in [0.1, 0.15) is 19.5 Å². The molecule has 0 saturated carbocycles. The van der Waals surface area contributed by atoms with Crippen LogP contribution in [-0.4, -0.2) is 9.97 Å². The molecular weight excluding hydrogens is 164 g/mol. The molecule has 0 amide bonds. The maximum Gasteiger partial charge on any atom is 0.173 e. The number of fused-ring (bicyclic) bond motifs is 1. The van der Waals surface area contributed by atoms with Crippen LogP contribution in [0.15, 0.2) is 23.1 Å². The van der Waals surface area contributed by atoms with Crippen molar-refractivity contribution in [1.82, 2.24) is 9.97 Å². The zero-order valence-electron chi connectivity index (χ0n) is 7.82. The van der Waals surface area contributed by atoms with Gasteiger partial charge >= 0.3 is 0 Å². The zero-order valence-corrected chi connectivity index (χ0v) is 7.82. The highest BCUT2D eigenvalue weighted by molar-refractivity contribution is 5.74. The molecule has 3 heteroatoms. The first-order valence-corrected chi connectivity index (χ1v) is 4.44. The molecule has 0 unspecified atom stereocenters. The average molecular weight is 176 g/mol. The lowest BCUT2D eigenvalue weighted by molar-refractivity contribution is 0.586. The summed E-state index contributed by atoms with van der Waals surface area (Å²) in [5, 5.41) is 0. The Hall–Kier alpha value is -1.38. The van der Waals surface area contributed by atoms with Crippen LogP contribution in [0.3, 0.4) is 0 Å². The van der Waals surface area contributed by atoms with Gasteiger partial charge in [0.1, 0.15) is 11.8 Å². The van der Waals surface area contributed by atoms with E-state index in [1.165, 1.54) is 0 Å². The van der Waals surface area contributed by atoms with Crippen molar-refractivity contribution in [3.63, 3.8) is 0 Å². The van der Waals surface area contributed by atoms with E-state index in [0.29, 0.717) is 5.92 Å². The van der Waals surface area contributed by atoms with E-state index in [-0.39, 0.29) is 0 Å². The van der Waals surface area contributed by atoms with Crippen LogP contribution >= 0.6 is 0 Å². The second-order valence-electron chi connectivity index (χ2n) is 3.55. The molecule has 0 bridgehead atoms. The van der Waals surface area contributed by atoms with Crippen molar-refractivity contribution in [3.8, 4) is 0 Å². The Morgan fingerprint density at radius 2 is 2.23 bits per heavy atom. The van der Waals surface area contributed by atoms with Crippen LogP contribution in [0.5, 0.6) is 0 Å². The van der Waals surface area contributed by atoms with Crippen LogP contribution in [0.25, 0.3) is 11.1 Å². The standard InChI is InChI=1S/C10H12N2O/c1-7(2)5-9-10-8(3-4-13-10)11-6-12-9/h3-4,6-7H,5H2,1-2H3. The molecule has 0 aromatic carbocycles. The van der Waals surface area contributed by atoms with Crippen LogP contribution in [-0.2, 0) is 6.42 Å². The fraction of sp³-hybridized carbons (Fsp3) is 0.400. The molecule has 2 rings (SSSR count). The molecule has 0 saturated heterocycles. The van der Waals surface area contributed by atoms with Crippen LogP contribution < -0.4 is 0 Å². The first-order valence-electron chi connectivity index (χ1n) is 4.44. The lowest BCUT2D eigenvalue weighted by Gasteiger charge is -2.02. The SMILES string of the molecule is CC(C)Cc1ncnc2ccoc12. The number of aromatic nitrogens is 2. The Labute approximate surface area is 76.8 Å². The molecule has 0 radical (unpaired) electrons. The maximum absolute atomic E-state index is 5.32. The molecule has 2 aromatic heterocycles. The molecule has 2 heterocycles. The van der Waals surface area contributed by atoms with E-state index in [2.05, 4.69) is 23.8 Å². The molecule has 0 aliphatic rings. The minimum atomic E-state index is 0.586. The molecule has 0 aliphatic heterocycles. The van der Waals surface area contributed by atoms with E-state index in [1.54, 1.807) is 12.6 Å². The first-order chi connectivity index (χ1) is 6.27. The van der Waals surface area contributed by atoms with Gasteiger partial charge < -0.3 is 4.42 Å². The molecular formula is C10H12N2O. The van der Waals surface area contributed by atoms with Gasteiger partial charge in [-0.25, -0.2) is 9.97 Å².